The normalized spacial score (nSPS) is 22.7. The van der Waals surface area contributed by atoms with E-state index in [0.29, 0.717) is 5.28 Å². The largest absolute Gasteiger partial charge is 0.226 e. The first-order chi connectivity index (χ1) is 9.72. The highest BCUT2D eigenvalue weighted by molar-refractivity contribution is 6.28. The van der Waals surface area contributed by atoms with Crippen molar-refractivity contribution in [3.63, 3.8) is 0 Å². The van der Waals surface area contributed by atoms with Crippen LogP contribution in [0.15, 0.2) is 36.7 Å². The lowest BCUT2D eigenvalue weighted by molar-refractivity contribution is 0.348. The number of halogens is 1. The predicted molar refractivity (Wildman–Crippen MR) is 82.9 cm³/mol. The van der Waals surface area contributed by atoms with Gasteiger partial charge in [0.2, 0.25) is 5.28 Å². The third kappa shape index (κ3) is 3.01. The van der Waals surface area contributed by atoms with E-state index in [4.69, 9.17) is 11.6 Å². The first kappa shape index (κ1) is 13.6. The standard InChI is InChI=1S/C17H19ClN2/c1-12-2-4-13(5-3-12)14-6-8-15(9-7-14)16-10-19-17(18)20-11-16/h6-13H,2-5H2,1H3. The van der Waals surface area contributed by atoms with Crippen molar-refractivity contribution in [3.05, 3.63) is 47.5 Å². The van der Waals surface area contributed by atoms with Crippen molar-refractivity contribution in [1.82, 2.24) is 9.97 Å². The van der Waals surface area contributed by atoms with Gasteiger partial charge in [0.1, 0.15) is 0 Å². The highest BCUT2D eigenvalue weighted by Crippen LogP contribution is 2.36. The molecule has 0 saturated heterocycles. The summed E-state index contributed by atoms with van der Waals surface area (Å²) in [6.45, 7) is 2.36. The van der Waals surface area contributed by atoms with Gasteiger partial charge in [-0.25, -0.2) is 9.97 Å². The number of benzene rings is 1. The molecule has 1 heterocycles. The summed E-state index contributed by atoms with van der Waals surface area (Å²) in [7, 11) is 0. The van der Waals surface area contributed by atoms with Crippen LogP contribution in [-0.2, 0) is 0 Å². The van der Waals surface area contributed by atoms with E-state index >= 15 is 0 Å². The number of rotatable bonds is 2. The maximum absolute atomic E-state index is 5.72. The molecule has 1 saturated carbocycles. The van der Waals surface area contributed by atoms with Crippen LogP contribution in [-0.4, -0.2) is 9.97 Å². The third-order valence-corrected chi connectivity index (χ3v) is 4.55. The van der Waals surface area contributed by atoms with Gasteiger partial charge < -0.3 is 0 Å². The minimum absolute atomic E-state index is 0.293. The summed E-state index contributed by atoms with van der Waals surface area (Å²) in [6.07, 6.45) is 8.91. The van der Waals surface area contributed by atoms with Gasteiger partial charge in [-0.2, -0.15) is 0 Å². The molecule has 1 aliphatic carbocycles. The Balaban J connectivity index is 1.76. The van der Waals surface area contributed by atoms with Crippen LogP contribution >= 0.6 is 11.6 Å². The lowest BCUT2D eigenvalue weighted by Gasteiger charge is -2.26. The van der Waals surface area contributed by atoms with E-state index in [2.05, 4.69) is 41.2 Å². The van der Waals surface area contributed by atoms with Gasteiger partial charge in [-0.15, -0.1) is 0 Å². The minimum Gasteiger partial charge on any atom is -0.226 e. The first-order valence-electron chi connectivity index (χ1n) is 7.30. The molecule has 0 spiro atoms. The smallest absolute Gasteiger partial charge is 0.222 e. The van der Waals surface area contributed by atoms with Gasteiger partial charge in [0, 0.05) is 18.0 Å². The molecule has 3 heteroatoms. The molecule has 1 fully saturated rings. The predicted octanol–water partition coefficient (Wildman–Crippen LogP) is 5.09. The van der Waals surface area contributed by atoms with Gasteiger partial charge in [0.15, 0.2) is 0 Å². The van der Waals surface area contributed by atoms with E-state index in [9.17, 15) is 0 Å². The fourth-order valence-corrected chi connectivity index (χ4v) is 3.10. The van der Waals surface area contributed by atoms with E-state index in [1.54, 1.807) is 12.4 Å². The van der Waals surface area contributed by atoms with Gasteiger partial charge in [0.05, 0.1) is 0 Å². The fourth-order valence-electron chi connectivity index (χ4n) is 3.00. The van der Waals surface area contributed by atoms with Crippen molar-refractivity contribution in [2.75, 3.05) is 0 Å². The highest BCUT2D eigenvalue weighted by Gasteiger charge is 2.19. The van der Waals surface area contributed by atoms with Crippen LogP contribution in [0.2, 0.25) is 5.28 Å². The van der Waals surface area contributed by atoms with Crippen LogP contribution in [0.25, 0.3) is 11.1 Å². The summed E-state index contributed by atoms with van der Waals surface area (Å²) in [6, 6.07) is 8.84. The molecule has 3 rings (SSSR count). The third-order valence-electron chi connectivity index (χ3n) is 4.35. The van der Waals surface area contributed by atoms with Crippen molar-refractivity contribution >= 4 is 11.6 Å². The maximum Gasteiger partial charge on any atom is 0.222 e. The Morgan fingerprint density at radius 3 is 2.10 bits per heavy atom. The van der Waals surface area contributed by atoms with E-state index in [1.807, 2.05) is 0 Å². The van der Waals surface area contributed by atoms with E-state index in [0.717, 1.165) is 23.0 Å². The average molecular weight is 287 g/mol. The second-order valence-electron chi connectivity index (χ2n) is 5.82. The van der Waals surface area contributed by atoms with Gasteiger partial charge in [-0.05, 0) is 47.4 Å². The molecule has 104 valence electrons. The fraction of sp³-hybridized carbons (Fsp3) is 0.412. The highest BCUT2D eigenvalue weighted by atomic mass is 35.5. The van der Waals surface area contributed by atoms with Crippen LogP contribution < -0.4 is 0 Å². The quantitative estimate of drug-likeness (QED) is 0.719. The Bertz CT molecular complexity index is 555. The molecule has 0 amide bonds. The number of hydrogen-bond acceptors (Lipinski definition) is 2. The molecule has 20 heavy (non-hydrogen) atoms. The molecule has 0 aliphatic heterocycles. The van der Waals surface area contributed by atoms with Gasteiger partial charge >= 0.3 is 0 Å². The summed E-state index contributed by atoms with van der Waals surface area (Å²) in [5.74, 6) is 1.64. The average Bonchev–Trinajstić information content (AvgIpc) is 2.49. The van der Waals surface area contributed by atoms with Crippen LogP contribution in [0.4, 0.5) is 0 Å². The maximum atomic E-state index is 5.72. The van der Waals surface area contributed by atoms with Crippen LogP contribution in [0.1, 0.15) is 44.1 Å². The van der Waals surface area contributed by atoms with Crippen LogP contribution in [0.5, 0.6) is 0 Å². The zero-order valence-electron chi connectivity index (χ0n) is 11.7. The molecular formula is C17H19ClN2. The Kier molecular flexibility index (Phi) is 4.02. The van der Waals surface area contributed by atoms with Gasteiger partial charge in [-0.1, -0.05) is 44.0 Å². The molecule has 1 aromatic carbocycles. The monoisotopic (exact) mass is 286 g/mol. The van der Waals surface area contributed by atoms with Crippen LogP contribution in [0, 0.1) is 5.92 Å². The zero-order chi connectivity index (χ0) is 13.9. The molecule has 0 radical (unpaired) electrons. The topological polar surface area (TPSA) is 25.8 Å². The van der Waals surface area contributed by atoms with E-state index in [1.165, 1.54) is 31.2 Å². The van der Waals surface area contributed by atoms with Crippen molar-refractivity contribution in [2.45, 2.75) is 38.5 Å². The van der Waals surface area contributed by atoms with Crippen molar-refractivity contribution in [2.24, 2.45) is 5.92 Å². The Morgan fingerprint density at radius 1 is 0.900 bits per heavy atom. The zero-order valence-corrected chi connectivity index (χ0v) is 12.5. The van der Waals surface area contributed by atoms with E-state index < -0.39 is 0 Å². The molecule has 0 unspecified atom stereocenters. The lowest BCUT2D eigenvalue weighted by atomic mass is 9.79. The summed E-state index contributed by atoms with van der Waals surface area (Å²) >= 11 is 5.72. The summed E-state index contributed by atoms with van der Waals surface area (Å²) in [5.41, 5.74) is 3.63. The molecule has 2 nitrogen and oxygen atoms in total. The van der Waals surface area contributed by atoms with Gasteiger partial charge in [-0.3, -0.25) is 0 Å². The Labute approximate surface area is 125 Å². The summed E-state index contributed by atoms with van der Waals surface area (Å²) < 4.78 is 0. The van der Waals surface area contributed by atoms with Crippen LogP contribution in [0.3, 0.4) is 0 Å². The van der Waals surface area contributed by atoms with Crippen molar-refractivity contribution in [1.29, 1.82) is 0 Å². The summed E-state index contributed by atoms with van der Waals surface area (Å²) in [5, 5.41) is 0.293. The Hall–Kier alpha value is -1.41. The molecular weight excluding hydrogens is 268 g/mol. The second kappa shape index (κ2) is 5.92. The van der Waals surface area contributed by atoms with Gasteiger partial charge in [0.25, 0.3) is 0 Å². The molecule has 2 aromatic rings. The molecule has 0 bridgehead atoms. The number of nitrogens with zero attached hydrogens (tertiary/aromatic N) is 2. The summed E-state index contributed by atoms with van der Waals surface area (Å²) in [4.78, 5) is 8.06. The number of aromatic nitrogens is 2. The van der Waals surface area contributed by atoms with Crippen molar-refractivity contribution in [3.8, 4) is 11.1 Å². The first-order valence-corrected chi connectivity index (χ1v) is 7.68. The van der Waals surface area contributed by atoms with E-state index in [-0.39, 0.29) is 0 Å². The SMILES string of the molecule is CC1CCC(c2ccc(-c3cnc(Cl)nc3)cc2)CC1. The molecule has 0 N–H and O–H groups in total. The van der Waals surface area contributed by atoms with Crippen molar-refractivity contribution < 1.29 is 0 Å². The molecule has 1 aromatic heterocycles. The minimum atomic E-state index is 0.293. The second-order valence-corrected chi connectivity index (χ2v) is 6.16. The Morgan fingerprint density at radius 2 is 1.50 bits per heavy atom. The molecule has 0 atom stereocenters. The number of hydrogen-bond donors (Lipinski definition) is 0. The lowest BCUT2D eigenvalue weighted by Crippen LogP contribution is -2.10. The molecule has 1 aliphatic rings.